The van der Waals surface area contributed by atoms with Crippen LogP contribution < -0.4 is 15.6 Å². The van der Waals surface area contributed by atoms with E-state index in [4.69, 9.17) is 4.74 Å². The molecule has 1 aromatic heterocycles. The van der Waals surface area contributed by atoms with Gasteiger partial charge in [0.1, 0.15) is 11.6 Å². The lowest BCUT2D eigenvalue weighted by Crippen LogP contribution is -2.33. The molecule has 0 radical (unpaired) electrons. The van der Waals surface area contributed by atoms with E-state index in [0.717, 1.165) is 11.3 Å². The third kappa shape index (κ3) is 5.14. The van der Waals surface area contributed by atoms with Crippen LogP contribution in [0.3, 0.4) is 0 Å². The van der Waals surface area contributed by atoms with Gasteiger partial charge in [-0.05, 0) is 41.7 Å². The number of benzene rings is 2. The number of nitrogens with one attached hydrogen (secondary N) is 1. The predicted octanol–water partition coefficient (Wildman–Crippen LogP) is 4.89. The Morgan fingerprint density at radius 3 is 2.58 bits per heavy atom. The first-order valence-corrected chi connectivity index (χ1v) is 12.1. The summed E-state index contributed by atoms with van der Waals surface area (Å²) in [6.07, 6.45) is 0.214. The normalized spacial score (nSPS) is 15.3. The lowest BCUT2D eigenvalue weighted by atomic mass is 9.87. The van der Waals surface area contributed by atoms with E-state index in [2.05, 4.69) is 43.2 Å². The Bertz CT molecular complexity index is 1220. The predicted molar refractivity (Wildman–Crippen MR) is 132 cm³/mol. The minimum absolute atomic E-state index is 0.108. The third-order valence-corrected chi connectivity index (χ3v) is 6.86. The summed E-state index contributed by atoms with van der Waals surface area (Å²) in [7, 11) is 1.84. The Hall–Kier alpha value is -3.06. The van der Waals surface area contributed by atoms with Gasteiger partial charge < -0.3 is 14.6 Å². The molecule has 1 atom stereocenters. The van der Waals surface area contributed by atoms with Crippen LogP contribution in [0.15, 0.2) is 58.5 Å². The maximum absolute atomic E-state index is 13.1. The van der Waals surface area contributed by atoms with Crippen molar-refractivity contribution in [3.05, 3.63) is 81.1 Å². The highest BCUT2D eigenvalue weighted by molar-refractivity contribution is 7.98. The number of aromatic nitrogens is 2. The number of thioether (sulfide) groups is 1. The van der Waals surface area contributed by atoms with E-state index < -0.39 is 0 Å². The highest BCUT2D eigenvalue weighted by Crippen LogP contribution is 2.36. The van der Waals surface area contributed by atoms with Gasteiger partial charge >= 0.3 is 0 Å². The lowest BCUT2D eigenvalue weighted by molar-refractivity contribution is -0.116. The summed E-state index contributed by atoms with van der Waals surface area (Å²) in [5.41, 5.74) is 3.54. The second-order valence-electron chi connectivity index (χ2n) is 8.81. The van der Waals surface area contributed by atoms with E-state index in [1.54, 1.807) is 0 Å². The molecule has 0 fully saturated rings. The number of rotatable bonds is 7. The van der Waals surface area contributed by atoms with Gasteiger partial charge in [0.05, 0.1) is 12.2 Å². The van der Waals surface area contributed by atoms with Crippen molar-refractivity contribution in [2.75, 3.05) is 11.9 Å². The third-order valence-electron chi connectivity index (χ3n) is 5.78. The van der Waals surface area contributed by atoms with Crippen LogP contribution in [-0.2, 0) is 17.6 Å². The first kappa shape index (κ1) is 23.1. The fourth-order valence-corrected chi connectivity index (χ4v) is 4.96. The van der Waals surface area contributed by atoms with Crippen LogP contribution in [0.2, 0.25) is 0 Å². The van der Waals surface area contributed by atoms with E-state index in [1.165, 1.54) is 22.9 Å². The average molecular weight is 464 g/mol. The molecular formula is C26H29N3O3S. The summed E-state index contributed by atoms with van der Waals surface area (Å²) >= 11 is 1.49. The summed E-state index contributed by atoms with van der Waals surface area (Å²) in [5, 5.41) is 3.49. The molecule has 0 saturated carbocycles. The molecule has 1 N–H and O–H groups in total. The molecule has 1 aliphatic heterocycles. The molecule has 1 aliphatic rings. The Morgan fingerprint density at radius 2 is 1.88 bits per heavy atom. The van der Waals surface area contributed by atoms with Gasteiger partial charge in [-0.2, -0.15) is 4.98 Å². The van der Waals surface area contributed by atoms with Crippen molar-refractivity contribution >= 4 is 23.5 Å². The fourth-order valence-electron chi connectivity index (χ4n) is 3.92. The number of nitrogens with zero attached hydrogens (tertiary/aromatic N) is 2. The van der Waals surface area contributed by atoms with Crippen LogP contribution in [0.25, 0.3) is 0 Å². The smallest absolute Gasteiger partial charge is 0.279 e. The monoisotopic (exact) mass is 463 g/mol. The number of fused-ring (bicyclic) bond motifs is 1. The molecule has 3 aromatic rings. The second kappa shape index (κ2) is 9.83. The highest BCUT2D eigenvalue weighted by Gasteiger charge is 2.32. The Kier molecular flexibility index (Phi) is 6.88. The number of anilines is 1. The molecule has 172 valence electrons. The van der Waals surface area contributed by atoms with Gasteiger partial charge in [0.25, 0.3) is 5.56 Å². The first-order valence-electron chi connectivity index (χ1n) is 11.1. The number of carbonyl (C=O) groups is 1. The average Bonchev–Trinajstić information content (AvgIpc) is 2.79. The maximum atomic E-state index is 13.1. The minimum Gasteiger partial charge on any atom is -0.493 e. The van der Waals surface area contributed by atoms with E-state index >= 15 is 0 Å². The second-order valence-corrected chi connectivity index (χ2v) is 9.76. The Morgan fingerprint density at radius 1 is 1.15 bits per heavy atom. The van der Waals surface area contributed by atoms with E-state index in [-0.39, 0.29) is 23.8 Å². The van der Waals surface area contributed by atoms with Gasteiger partial charge in [0.15, 0.2) is 5.16 Å². The van der Waals surface area contributed by atoms with Gasteiger partial charge in [0.2, 0.25) is 5.91 Å². The minimum atomic E-state index is -0.338. The summed E-state index contributed by atoms with van der Waals surface area (Å²) in [6, 6.07) is 15.8. The molecule has 0 bridgehead atoms. The van der Waals surface area contributed by atoms with Crippen molar-refractivity contribution in [2.45, 2.75) is 44.0 Å². The van der Waals surface area contributed by atoms with Gasteiger partial charge in [-0.25, -0.2) is 0 Å². The Labute approximate surface area is 198 Å². The molecule has 6 nitrogen and oxygen atoms in total. The topological polar surface area (TPSA) is 73.2 Å². The first-order chi connectivity index (χ1) is 15.8. The van der Waals surface area contributed by atoms with Crippen LogP contribution in [0.4, 0.5) is 5.82 Å². The van der Waals surface area contributed by atoms with E-state index in [1.807, 2.05) is 48.0 Å². The number of hydrogen-bond acceptors (Lipinski definition) is 5. The SMILES string of the molecule is Cc1ccccc1CSc1nc(=O)c2c(n1C)NC(=O)CC2c1ccc(OCC(C)C)cc1. The molecule has 4 rings (SSSR count). The molecule has 2 aromatic carbocycles. The summed E-state index contributed by atoms with van der Waals surface area (Å²) < 4.78 is 7.59. The lowest BCUT2D eigenvalue weighted by Gasteiger charge is -2.27. The van der Waals surface area contributed by atoms with Crippen LogP contribution in [-0.4, -0.2) is 22.1 Å². The molecule has 7 heteroatoms. The standard InChI is InChI=1S/C26H29N3O3S/c1-16(2)14-32-20-11-9-18(10-12-20)21-13-22(30)27-24-23(21)25(31)28-26(29(24)4)33-15-19-8-6-5-7-17(19)3/h5-12,16,21H,13-15H2,1-4H3,(H,27,30). The molecule has 0 aliphatic carbocycles. The zero-order chi connectivity index (χ0) is 23.5. The van der Waals surface area contributed by atoms with Gasteiger partial charge in [-0.15, -0.1) is 0 Å². The maximum Gasteiger partial charge on any atom is 0.279 e. The molecular weight excluding hydrogens is 434 g/mol. The molecule has 2 heterocycles. The van der Waals surface area contributed by atoms with E-state index in [0.29, 0.717) is 34.8 Å². The zero-order valence-electron chi connectivity index (χ0n) is 19.4. The van der Waals surface area contributed by atoms with E-state index in [9.17, 15) is 9.59 Å². The molecule has 33 heavy (non-hydrogen) atoms. The van der Waals surface area contributed by atoms with Gasteiger partial charge in [0, 0.05) is 25.1 Å². The van der Waals surface area contributed by atoms with Crippen LogP contribution in [0, 0.1) is 12.8 Å². The van der Waals surface area contributed by atoms with Gasteiger partial charge in [-0.3, -0.25) is 9.59 Å². The van der Waals surface area contributed by atoms with Crippen molar-refractivity contribution in [1.29, 1.82) is 0 Å². The van der Waals surface area contributed by atoms with Crippen molar-refractivity contribution < 1.29 is 9.53 Å². The van der Waals surface area contributed by atoms with Gasteiger partial charge in [-0.1, -0.05) is 62.0 Å². The molecule has 1 amide bonds. The number of hydrogen-bond donors (Lipinski definition) is 1. The number of aryl methyl sites for hydroxylation is 1. The van der Waals surface area contributed by atoms with Crippen molar-refractivity contribution in [3.63, 3.8) is 0 Å². The van der Waals surface area contributed by atoms with Crippen LogP contribution >= 0.6 is 11.8 Å². The zero-order valence-corrected chi connectivity index (χ0v) is 20.2. The van der Waals surface area contributed by atoms with Crippen LogP contribution in [0.1, 0.15) is 48.4 Å². The largest absolute Gasteiger partial charge is 0.493 e. The summed E-state index contributed by atoms with van der Waals surface area (Å²) in [6.45, 7) is 6.91. The quantitative estimate of drug-likeness (QED) is 0.399. The molecule has 1 unspecified atom stereocenters. The number of amides is 1. The summed E-state index contributed by atoms with van der Waals surface area (Å²) in [4.78, 5) is 30.1. The van der Waals surface area contributed by atoms with Crippen LogP contribution in [0.5, 0.6) is 5.75 Å². The van der Waals surface area contributed by atoms with Crippen molar-refractivity contribution in [1.82, 2.24) is 9.55 Å². The summed E-state index contributed by atoms with van der Waals surface area (Å²) in [5.74, 6) is 2.00. The Balaban J connectivity index is 1.63. The molecule has 0 saturated heterocycles. The number of carbonyl (C=O) groups excluding carboxylic acids is 1. The van der Waals surface area contributed by atoms with Crippen molar-refractivity contribution in [3.8, 4) is 5.75 Å². The molecule has 0 spiro atoms. The fraction of sp³-hybridized carbons (Fsp3) is 0.346. The highest BCUT2D eigenvalue weighted by atomic mass is 32.2. The van der Waals surface area contributed by atoms with Crippen molar-refractivity contribution in [2.24, 2.45) is 13.0 Å². The number of ether oxygens (including phenoxy) is 1.